The van der Waals surface area contributed by atoms with E-state index < -0.39 is 0 Å². The molecule has 0 bridgehead atoms. The lowest BCUT2D eigenvalue weighted by Crippen LogP contribution is -2.52. The number of hydrogen-bond donors (Lipinski definition) is 1. The molecule has 0 spiro atoms. The molecule has 6 nitrogen and oxygen atoms in total. The van der Waals surface area contributed by atoms with Crippen molar-refractivity contribution in [3.8, 4) is 0 Å². The van der Waals surface area contributed by atoms with E-state index in [0.717, 1.165) is 25.9 Å². The Morgan fingerprint density at radius 3 is 2.48 bits per heavy atom. The van der Waals surface area contributed by atoms with E-state index in [0.29, 0.717) is 24.0 Å². The van der Waals surface area contributed by atoms with Gasteiger partial charge in [0.05, 0.1) is 10.9 Å². The fourth-order valence-electron chi connectivity index (χ4n) is 2.48. The predicted octanol–water partition coefficient (Wildman–Crippen LogP) is 0.828. The second kappa shape index (κ2) is 7.31. The number of rotatable bonds is 5. The largest absolute Gasteiger partial charge is 0.393 e. The minimum Gasteiger partial charge on any atom is -0.393 e. The molecule has 0 saturated carbocycles. The number of amides is 1. The Morgan fingerprint density at radius 1 is 1.33 bits per heavy atom. The number of anilines is 1. The second-order valence-electron chi connectivity index (χ2n) is 5.10. The highest BCUT2D eigenvalue weighted by Gasteiger charge is 2.29. The topological polar surface area (TPSA) is 75.4 Å². The number of nitrogens with zero attached hydrogens (tertiary/aromatic N) is 4. The lowest BCUT2D eigenvalue weighted by Gasteiger charge is -2.36. The molecule has 114 valence electrons. The van der Waals surface area contributed by atoms with Crippen LogP contribution in [-0.2, 0) is 4.79 Å². The van der Waals surface area contributed by atoms with Crippen molar-refractivity contribution in [3.63, 3.8) is 0 Å². The normalized spacial score (nSPS) is 16.6. The maximum atomic E-state index is 12.5. The lowest BCUT2D eigenvalue weighted by atomic mass is 10.0. The van der Waals surface area contributed by atoms with Gasteiger partial charge in [0.2, 0.25) is 11.9 Å². The van der Waals surface area contributed by atoms with Gasteiger partial charge in [-0.05, 0) is 12.5 Å². The molecule has 0 aliphatic carbocycles. The first-order valence-electron chi connectivity index (χ1n) is 7.23. The molecule has 1 aliphatic rings. The average Bonchev–Trinajstić information content (AvgIpc) is 2.53. The molecule has 1 saturated heterocycles. The minimum absolute atomic E-state index is 0.0537. The summed E-state index contributed by atoms with van der Waals surface area (Å²) in [6.45, 7) is 4.79. The second-order valence-corrected chi connectivity index (χ2v) is 5.58. The van der Waals surface area contributed by atoms with E-state index in [4.69, 9.17) is 18.0 Å². The molecule has 1 aliphatic heterocycles. The maximum absolute atomic E-state index is 12.5. The van der Waals surface area contributed by atoms with Crippen LogP contribution in [0.5, 0.6) is 0 Å². The summed E-state index contributed by atoms with van der Waals surface area (Å²) >= 11 is 5.03. The first-order valence-corrected chi connectivity index (χ1v) is 7.64. The zero-order valence-corrected chi connectivity index (χ0v) is 13.1. The van der Waals surface area contributed by atoms with Crippen LogP contribution in [0.1, 0.15) is 19.8 Å². The van der Waals surface area contributed by atoms with Crippen LogP contribution in [-0.4, -0.2) is 51.9 Å². The molecule has 1 fully saturated rings. The molecule has 0 aromatic carbocycles. The number of carbonyl (C=O) groups is 1. The zero-order valence-electron chi connectivity index (χ0n) is 12.2. The van der Waals surface area contributed by atoms with E-state index in [9.17, 15) is 4.79 Å². The molecule has 2 N–H and O–H groups in total. The van der Waals surface area contributed by atoms with Crippen molar-refractivity contribution >= 4 is 29.1 Å². The van der Waals surface area contributed by atoms with Crippen LogP contribution in [0.2, 0.25) is 0 Å². The molecule has 1 aromatic rings. The highest BCUT2D eigenvalue weighted by molar-refractivity contribution is 7.80. The Bertz CT molecular complexity index is 487. The van der Waals surface area contributed by atoms with Gasteiger partial charge in [-0.1, -0.05) is 25.6 Å². The van der Waals surface area contributed by atoms with E-state index in [2.05, 4.69) is 14.9 Å². The number of hydrogen-bond acceptors (Lipinski definition) is 5. The van der Waals surface area contributed by atoms with E-state index in [1.54, 1.807) is 18.5 Å². The van der Waals surface area contributed by atoms with Crippen LogP contribution in [0.3, 0.4) is 0 Å². The van der Waals surface area contributed by atoms with Gasteiger partial charge in [-0.2, -0.15) is 0 Å². The zero-order chi connectivity index (χ0) is 15.2. The summed E-state index contributed by atoms with van der Waals surface area (Å²) in [5, 5.41) is 0. The summed E-state index contributed by atoms with van der Waals surface area (Å²) in [5.41, 5.74) is 5.70. The first-order chi connectivity index (χ1) is 10.1. The SMILES string of the molecule is CCCC(C(=O)N1CCN(c2ncccn2)CC1)C(N)=S. The van der Waals surface area contributed by atoms with Crippen LogP contribution in [0, 0.1) is 5.92 Å². The Balaban J connectivity index is 1.94. The van der Waals surface area contributed by atoms with Crippen molar-refractivity contribution in [3.05, 3.63) is 18.5 Å². The van der Waals surface area contributed by atoms with E-state index in [-0.39, 0.29) is 11.8 Å². The minimum atomic E-state index is -0.329. The Kier molecular flexibility index (Phi) is 5.44. The molecule has 1 amide bonds. The number of thiocarbonyl (C=S) groups is 1. The fraction of sp³-hybridized carbons (Fsp3) is 0.571. The van der Waals surface area contributed by atoms with Gasteiger partial charge in [0, 0.05) is 38.6 Å². The van der Waals surface area contributed by atoms with E-state index in [1.165, 1.54) is 0 Å². The molecule has 1 aromatic heterocycles. The summed E-state index contributed by atoms with van der Waals surface area (Å²) in [6, 6.07) is 1.79. The maximum Gasteiger partial charge on any atom is 0.232 e. The first kappa shape index (κ1) is 15.6. The number of aromatic nitrogens is 2. The molecular weight excluding hydrogens is 286 g/mol. The molecule has 1 unspecified atom stereocenters. The molecule has 2 rings (SSSR count). The Hall–Kier alpha value is -1.76. The van der Waals surface area contributed by atoms with Crippen molar-refractivity contribution in [1.82, 2.24) is 14.9 Å². The number of piperazine rings is 1. The molecular formula is C14H21N5OS. The quantitative estimate of drug-likeness (QED) is 0.812. The van der Waals surface area contributed by atoms with Gasteiger partial charge in [-0.15, -0.1) is 0 Å². The molecule has 21 heavy (non-hydrogen) atoms. The summed E-state index contributed by atoms with van der Waals surface area (Å²) < 4.78 is 0. The Labute approximate surface area is 130 Å². The standard InChI is InChI=1S/C14H21N5OS/c1-2-4-11(12(15)21)13(20)18-7-9-19(10-8-18)14-16-5-3-6-17-14/h3,5-6,11H,2,4,7-10H2,1H3,(H2,15,21). The van der Waals surface area contributed by atoms with Gasteiger partial charge >= 0.3 is 0 Å². The highest BCUT2D eigenvalue weighted by atomic mass is 32.1. The van der Waals surface area contributed by atoms with Crippen LogP contribution >= 0.6 is 12.2 Å². The molecule has 2 heterocycles. The number of carbonyl (C=O) groups excluding carboxylic acids is 1. The van der Waals surface area contributed by atoms with Crippen LogP contribution in [0.15, 0.2) is 18.5 Å². The van der Waals surface area contributed by atoms with Gasteiger partial charge < -0.3 is 15.5 Å². The summed E-state index contributed by atoms with van der Waals surface area (Å²) in [5.74, 6) is 0.437. The van der Waals surface area contributed by atoms with Crippen LogP contribution < -0.4 is 10.6 Å². The summed E-state index contributed by atoms with van der Waals surface area (Å²) in [6.07, 6.45) is 5.07. The Morgan fingerprint density at radius 2 is 1.95 bits per heavy atom. The van der Waals surface area contributed by atoms with E-state index in [1.807, 2.05) is 11.8 Å². The fourth-order valence-corrected chi connectivity index (χ4v) is 2.70. The van der Waals surface area contributed by atoms with Crippen LogP contribution in [0.4, 0.5) is 5.95 Å². The monoisotopic (exact) mass is 307 g/mol. The predicted molar refractivity (Wildman–Crippen MR) is 86.0 cm³/mol. The van der Waals surface area contributed by atoms with Gasteiger partial charge in [0.25, 0.3) is 0 Å². The van der Waals surface area contributed by atoms with Crippen molar-refractivity contribution in [2.45, 2.75) is 19.8 Å². The van der Waals surface area contributed by atoms with Gasteiger partial charge in [-0.3, -0.25) is 4.79 Å². The lowest BCUT2D eigenvalue weighted by molar-refractivity contribution is -0.133. The smallest absolute Gasteiger partial charge is 0.232 e. The molecule has 0 radical (unpaired) electrons. The third-order valence-electron chi connectivity index (χ3n) is 3.65. The van der Waals surface area contributed by atoms with Crippen molar-refractivity contribution < 1.29 is 4.79 Å². The van der Waals surface area contributed by atoms with E-state index >= 15 is 0 Å². The van der Waals surface area contributed by atoms with Gasteiger partial charge in [0.15, 0.2) is 0 Å². The molecule has 1 atom stereocenters. The van der Waals surface area contributed by atoms with Crippen molar-refractivity contribution in [2.75, 3.05) is 31.1 Å². The van der Waals surface area contributed by atoms with Crippen molar-refractivity contribution in [1.29, 1.82) is 0 Å². The van der Waals surface area contributed by atoms with Crippen LogP contribution in [0.25, 0.3) is 0 Å². The number of nitrogens with two attached hydrogens (primary N) is 1. The van der Waals surface area contributed by atoms with Gasteiger partial charge in [-0.25, -0.2) is 9.97 Å². The third kappa shape index (κ3) is 3.87. The molecule has 7 heteroatoms. The summed E-state index contributed by atoms with van der Waals surface area (Å²) in [4.78, 5) is 25.2. The highest BCUT2D eigenvalue weighted by Crippen LogP contribution is 2.15. The average molecular weight is 307 g/mol. The summed E-state index contributed by atoms with van der Waals surface area (Å²) in [7, 11) is 0. The van der Waals surface area contributed by atoms with Crippen molar-refractivity contribution in [2.24, 2.45) is 11.7 Å². The third-order valence-corrected chi connectivity index (χ3v) is 3.93. The van der Waals surface area contributed by atoms with Gasteiger partial charge in [0.1, 0.15) is 0 Å².